The minimum Gasteiger partial charge on any atom is -0.373 e. The van der Waals surface area contributed by atoms with E-state index in [4.69, 9.17) is 4.74 Å². The summed E-state index contributed by atoms with van der Waals surface area (Å²) < 4.78 is 6.89. The molecule has 3 nitrogen and oxygen atoms in total. The molecule has 92 valence electrons. The smallest absolute Gasteiger partial charge is 0.0881 e. The zero-order valence-corrected chi connectivity index (χ0v) is 11.3. The minimum absolute atomic E-state index is 0.214. The monoisotopic (exact) mass is 296 g/mol. The first-order valence-corrected chi connectivity index (χ1v) is 7.07. The molecule has 2 unspecified atom stereocenters. The van der Waals surface area contributed by atoms with Crippen molar-refractivity contribution < 1.29 is 4.74 Å². The Morgan fingerprint density at radius 3 is 3.00 bits per heavy atom. The maximum Gasteiger partial charge on any atom is 0.0881 e. The Balaban J connectivity index is 1.67. The summed E-state index contributed by atoms with van der Waals surface area (Å²) >= 11 is 3.47. The van der Waals surface area contributed by atoms with Crippen molar-refractivity contribution in [1.29, 1.82) is 0 Å². The van der Waals surface area contributed by atoms with Crippen molar-refractivity contribution in [2.24, 2.45) is 5.92 Å². The lowest BCUT2D eigenvalue weighted by Gasteiger charge is -2.19. The molecule has 2 fully saturated rings. The minimum atomic E-state index is 0.214. The molecule has 2 heterocycles. The molecule has 1 aliphatic carbocycles. The summed E-state index contributed by atoms with van der Waals surface area (Å²) in [5.74, 6) is 0.590. The van der Waals surface area contributed by atoms with Crippen molar-refractivity contribution in [3.63, 3.8) is 0 Å². The van der Waals surface area contributed by atoms with E-state index in [1.54, 1.807) is 0 Å². The number of hydrogen-bond acceptors (Lipinski definition) is 3. The summed E-state index contributed by atoms with van der Waals surface area (Å²) in [5.41, 5.74) is 1.19. The fraction of sp³-hybridized carbons (Fsp3) is 0.615. The number of ether oxygens (including phenoxy) is 1. The van der Waals surface area contributed by atoms with Gasteiger partial charge in [0.25, 0.3) is 0 Å². The van der Waals surface area contributed by atoms with Crippen LogP contribution in [-0.4, -0.2) is 24.2 Å². The zero-order chi connectivity index (χ0) is 11.7. The Bertz CT molecular complexity index is 395. The molecule has 1 aliphatic heterocycles. The number of rotatable bonds is 4. The van der Waals surface area contributed by atoms with Crippen LogP contribution in [0.15, 0.2) is 22.9 Å². The molecule has 0 aromatic carbocycles. The number of hydrogen-bond donors (Lipinski definition) is 1. The maximum atomic E-state index is 5.86. The third kappa shape index (κ3) is 2.87. The van der Waals surface area contributed by atoms with Crippen LogP contribution in [0.4, 0.5) is 0 Å². The summed E-state index contributed by atoms with van der Waals surface area (Å²) in [5, 5.41) is 3.60. The largest absolute Gasteiger partial charge is 0.373 e. The molecule has 0 amide bonds. The van der Waals surface area contributed by atoms with E-state index in [0.29, 0.717) is 5.92 Å². The average Bonchev–Trinajstić information content (AvgIpc) is 3.04. The molecule has 2 aliphatic rings. The van der Waals surface area contributed by atoms with Gasteiger partial charge in [-0.2, -0.15) is 0 Å². The van der Waals surface area contributed by atoms with Gasteiger partial charge in [0.05, 0.1) is 6.10 Å². The van der Waals surface area contributed by atoms with Gasteiger partial charge in [-0.1, -0.05) is 0 Å². The lowest BCUT2D eigenvalue weighted by molar-refractivity contribution is 0.0901. The van der Waals surface area contributed by atoms with Crippen molar-refractivity contribution in [1.82, 2.24) is 10.3 Å². The molecule has 4 heteroatoms. The van der Waals surface area contributed by atoms with Crippen LogP contribution in [-0.2, 0) is 4.74 Å². The number of nitrogens with one attached hydrogen (secondary N) is 1. The van der Waals surface area contributed by atoms with Gasteiger partial charge in [0.15, 0.2) is 0 Å². The first-order chi connectivity index (χ1) is 8.33. The molecule has 1 aromatic heterocycles. The normalized spacial score (nSPS) is 28.5. The SMILES string of the molecule is Brc1cncc(C2OCCC2CNC2CC2)c1. The van der Waals surface area contributed by atoms with E-state index in [0.717, 1.165) is 30.1 Å². The quantitative estimate of drug-likeness (QED) is 0.928. The highest BCUT2D eigenvalue weighted by molar-refractivity contribution is 9.10. The van der Waals surface area contributed by atoms with E-state index in [1.807, 2.05) is 12.4 Å². The van der Waals surface area contributed by atoms with Crippen LogP contribution in [0.3, 0.4) is 0 Å². The van der Waals surface area contributed by atoms with Gasteiger partial charge in [-0.15, -0.1) is 0 Å². The lowest BCUT2D eigenvalue weighted by atomic mass is 9.96. The van der Waals surface area contributed by atoms with E-state index < -0.39 is 0 Å². The first kappa shape index (κ1) is 11.6. The molecule has 2 atom stereocenters. The predicted octanol–water partition coefficient (Wildman–Crippen LogP) is 2.67. The molecular formula is C13H17BrN2O. The highest BCUT2D eigenvalue weighted by Gasteiger charge is 2.31. The second-order valence-corrected chi connectivity index (χ2v) is 5.87. The Hall–Kier alpha value is -0.450. The predicted molar refractivity (Wildman–Crippen MR) is 69.8 cm³/mol. The average molecular weight is 297 g/mol. The highest BCUT2D eigenvalue weighted by Crippen LogP contribution is 2.35. The third-order valence-electron chi connectivity index (χ3n) is 3.51. The van der Waals surface area contributed by atoms with Gasteiger partial charge in [0.1, 0.15) is 0 Å². The van der Waals surface area contributed by atoms with Gasteiger partial charge in [-0.25, -0.2) is 0 Å². The Kier molecular flexibility index (Phi) is 3.45. The molecule has 1 saturated carbocycles. The van der Waals surface area contributed by atoms with E-state index in [-0.39, 0.29) is 6.10 Å². The van der Waals surface area contributed by atoms with Gasteiger partial charge < -0.3 is 10.1 Å². The van der Waals surface area contributed by atoms with Gasteiger partial charge in [0.2, 0.25) is 0 Å². The second-order valence-electron chi connectivity index (χ2n) is 4.96. The molecule has 1 N–H and O–H groups in total. The van der Waals surface area contributed by atoms with Crippen LogP contribution in [0.5, 0.6) is 0 Å². The van der Waals surface area contributed by atoms with Crippen molar-refractivity contribution in [3.05, 3.63) is 28.5 Å². The fourth-order valence-corrected chi connectivity index (χ4v) is 2.78. The lowest BCUT2D eigenvalue weighted by Crippen LogP contribution is -2.26. The van der Waals surface area contributed by atoms with E-state index >= 15 is 0 Å². The van der Waals surface area contributed by atoms with Crippen molar-refractivity contribution in [2.45, 2.75) is 31.4 Å². The van der Waals surface area contributed by atoms with Crippen LogP contribution in [0, 0.1) is 5.92 Å². The van der Waals surface area contributed by atoms with Crippen molar-refractivity contribution in [2.75, 3.05) is 13.2 Å². The number of nitrogens with zero attached hydrogens (tertiary/aromatic N) is 1. The molecule has 0 radical (unpaired) electrons. The molecule has 3 rings (SSSR count). The molecule has 0 spiro atoms. The van der Waals surface area contributed by atoms with E-state index in [2.05, 4.69) is 32.3 Å². The first-order valence-electron chi connectivity index (χ1n) is 6.28. The van der Waals surface area contributed by atoms with Crippen LogP contribution in [0.1, 0.15) is 30.9 Å². The summed E-state index contributed by atoms with van der Waals surface area (Å²) in [6.45, 7) is 1.94. The fourth-order valence-electron chi connectivity index (χ4n) is 2.40. The van der Waals surface area contributed by atoms with Crippen LogP contribution in [0.25, 0.3) is 0 Å². The topological polar surface area (TPSA) is 34.1 Å². The maximum absolute atomic E-state index is 5.86. The molecule has 1 aromatic rings. The summed E-state index contributed by atoms with van der Waals surface area (Å²) in [7, 11) is 0. The molecule has 0 bridgehead atoms. The highest BCUT2D eigenvalue weighted by atomic mass is 79.9. The zero-order valence-electron chi connectivity index (χ0n) is 9.73. The Morgan fingerprint density at radius 2 is 2.24 bits per heavy atom. The summed E-state index contributed by atoms with van der Waals surface area (Å²) in [4.78, 5) is 4.22. The van der Waals surface area contributed by atoms with Crippen molar-refractivity contribution in [3.8, 4) is 0 Å². The summed E-state index contributed by atoms with van der Waals surface area (Å²) in [6, 6.07) is 2.89. The van der Waals surface area contributed by atoms with Crippen LogP contribution in [0.2, 0.25) is 0 Å². The van der Waals surface area contributed by atoms with Crippen LogP contribution < -0.4 is 5.32 Å². The number of aromatic nitrogens is 1. The van der Waals surface area contributed by atoms with Gasteiger partial charge in [0, 0.05) is 47.5 Å². The van der Waals surface area contributed by atoms with Crippen LogP contribution >= 0.6 is 15.9 Å². The standard InChI is InChI=1S/C13H17BrN2O/c14-11-5-10(6-15-8-11)13-9(3-4-17-13)7-16-12-1-2-12/h5-6,8-9,12-13,16H,1-4,7H2. The molecular weight excluding hydrogens is 280 g/mol. The molecule has 17 heavy (non-hydrogen) atoms. The van der Waals surface area contributed by atoms with Gasteiger partial charge in [-0.3, -0.25) is 4.98 Å². The Morgan fingerprint density at radius 1 is 1.35 bits per heavy atom. The van der Waals surface area contributed by atoms with Gasteiger partial charge >= 0.3 is 0 Å². The summed E-state index contributed by atoms with van der Waals surface area (Å²) in [6.07, 6.45) is 7.79. The van der Waals surface area contributed by atoms with Gasteiger partial charge in [-0.05, 0) is 41.3 Å². The van der Waals surface area contributed by atoms with E-state index in [1.165, 1.54) is 18.4 Å². The Labute approximate surface area is 110 Å². The third-order valence-corrected chi connectivity index (χ3v) is 3.95. The number of pyridine rings is 1. The van der Waals surface area contributed by atoms with Crippen molar-refractivity contribution >= 4 is 15.9 Å². The second kappa shape index (κ2) is 5.04. The van der Waals surface area contributed by atoms with E-state index in [9.17, 15) is 0 Å². The number of halogens is 1. The molecule has 1 saturated heterocycles.